The van der Waals surface area contributed by atoms with Gasteiger partial charge in [-0.1, -0.05) is 51.3 Å². The van der Waals surface area contributed by atoms with E-state index in [1.54, 1.807) is 60.7 Å². The van der Waals surface area contributed by atoms with Crippen LogP contribution in [0.15, 0.2) is 76.6 Å². The molecule has 1 heterocycles. The molecule has 4 rings (SSSR count). The summed E-state index contributed by atoms with van der Waals surface area (Å²) in [4.78, 5) is 12.2. The summed E-state index contributed by atoms with van der Waals surface area (Å²) in [5.41, 5.74) is 7.66. The first-order chi connectivity index (χ1) is 15.9. The summed E-state index contributed by atoms with van der Waals surface area (Å²) < 4.78 is 17.4. The first-order valence-corrected chi connectivity index (χ1v) is 11.2. The lowest BCUT2D eigenvalue weighted by Gasteiger charge is -2.27. The molecule has 3 aromatic rings. The Kier molecular flexibility index (Phi) is 6.80. The van der Waals surface area contributed by atoms with Gasteiger partial charge < -0.3 is 19.9 Å². The van der Waals surface area contributed by atoms with Crippen molar-refractivity contribution in [2.75, 3.05) is 6.61 Å². The molecule has 1 atom stereocenters. The third-order valence-electron chi connectivity index (χ3n) is 4.87. The van der Waals surface area contributed by atoms with Crippen LogP contribution in [0.5, 0.6) is 17.2 Å². The molecule has 166 valence electrons. The standard InChI is InChI=1S/C24H15BrCl2N2O4/c25-14-2-4-15(5-3-14)31-12-22(30)32-16-6-7-17-21(10-16)33-24(29)18(11-28)23(17)13-1-8-19(26)20(27)9-13/h1-10,23H,12,29H2. The molecule has 2 N–H and O–H groups in total. The molecule has 1 aliphatic heterocycles. The van der Waals surface area contributed by atoms with Crippen molar-refractivity contribution in [3.8, 4) is 23.3 Å². The Balaban J connectivity index is 1.56. The van der Waals surface area contributed by atoms with Gasteiger partial charge >= 0.3 is 5.97 Å². The Hall–Kier alpha value is -3.18. The van der Waals surface area contributed by atoms with Crippen LogP contribution in [0.4, 0.5) is 0 Å². The van der Waals surface area contributed by atoms with E-state index in [0.29, 0.717) is 27.1 Å². The van der Waals surface area contributed by atoms with E-state index in [2.05, 4.69) is 22.0 Å². The van der Waals surface area contributed by atoms with Crippen LogP contribution in [-0.2, 0) is 4.79 Å². The number of allylic oxidation sites excluding steroid dienone is 1. The second-order valence-electron chi connectivity index (χ2n) is 7.01. The highest BCUT2D eigenvalue weighted by Crippen LogP contribution is 2.44. The van der Waals surface area contributed by atoms with Gasteiger partial charge in [-0.3, -0.25) is 0 Å². The minimum absolute atomic E-state index is 0.0388. The van der Waals surface area contributed by atoms with E-state index in [1.807, 2.05) is 0 Å². The van der Waals surface area contributed by atoms with Gasteiger partial charge in [-0.15, -0.1) is 0 Å². The lowest BCUT2D eigenvalue weighted by Crippen LogP contribution is -2.21. The van der Waals surface area contributed by atoms with Gasteiger partial charge in [-0.05, 0) is 48.0 Å². The molecule has 9 heteroatoms. The average Bonchev–Trinajstić information content (AvgIpc) is 2.79. The van der Waals surface area contributed by atoms with Crippen LogP contribution in [0.1, 0.15) is 17.0 Å². The second kappa shape index (κ2) is 9.75. The SMILES string of the molecule is N#CC1=C(N)Oc2cc(OC(=O)COc3ccc(Br)cc3)ccc2C1c1ccc(Cl)c(Cl)c1. The van der Waals surface area contributed by atoms with E-state index in [9.17, 15) is 10.1 Å². The van der Waals surface area contributed by atoms with Crippen molar-refractivity contribution in [2.45, 2.75) is 5.92 Å². The summed E-state index contributed by atoms with van der Waals surface area (Å²) in [7, 11) is 0. The molecule has 0 saturated carbocycles. The van der Waals surface area contributed by atoms with Crippen LogP contribution in [-0.4, -0.2) is 12.6 Å². The van der Waals surface area contributed by atoms with Crippen LogP contribution < -0.4 is 19.9 Å². The third-order valence-corrected chi connectivity index (χ3v) is 6.14. The highest BCUT2D eigenvalue weighted by atomic mass is 79.9. The van der Waals surface area contributed by atoms with Gasteiger partial charge in [0.2, 0.25) is 5.88 Å². The van der Waals surface area contributed by atoms with Gasteiger partial charge in [-0.2, -0.15) is 5.26 Å². The molecule has 0 spiro atoms. The molecule has 6 nitrogen and oxygen atoms in total. The Morgan fingerprint density at radius 1 is 1.06 bits per heavy atom. The monoisotopic (exact) mass is 544 g/mol. The summed E-state index contributed by atoms with van der Waals surface area (Å²) in [6.45, 7) is -0.272. The van der Waals surface area contributed by atoms with Crippen molar-refractivity contribution in [3.63, 3.8) is 0 Å². The normalized spacial score (nSPS) is 14.7. The van der Waals surface area contributed by atoms with Gasteiger partial charge in [0.25, 0.3) is 0 Å². The van der Waals surface area contributed by atoms with Gasteiger partial charge in [0.15, 0.2) is 6.61 Å². The number of hydrogen-bond donors (Lipinski definition) is 1. The number of nitriles is 1. The molecule has 1 aliphatic rings. The average molecular weight is 546 g/mol. The van der Waals surface area contributed by atoms with E-state index in [0.717, 1.165) is 10.0 Å². The molecule has 3 aromatic carbocycles. The number of rotatable bonds is 5. The van der Waals surface area contributed by atoms with Crippen LogP contribution in [0, 0.1) is 11.3 Å². The Morgan fingerprint density at radius 3 is 2.48 bits per heavy atom. The maximum Gasteiger partial charge on any atom is 0.349 e. The number of ether oxygens (including phenoxy) is 3. The Bertz CT molecular complexity index is 1300. The molecule has 0 fully saturated rings. The molecule has 1 unspecified atom stereocenters. The fourth-order valence-electron chi connectivity index (χ4n) is 3.37. The number of nitrogens with zero attached hydrogens (tertiary/aromatic N) is 1. The lowest BCUT2D eigenvalue weighted by atomic mass is 9.83. The zero-order chi connectivity index (χ0) is 23.5. The number of fused-ring (bicyclic) bond motifs is 1. The lowest BCUT2D eigenvalue weighted by molar-refractivity contribution is -0.136. The molecule has 0 amide bonds. The zero-order valence-corrected chi connectivity index (χ0v) is 19.9. The molecule has 0 radical (unpaired) electrons. The Labute approximate surface area is 208 Å². The fraction of sp³-hybridized carbons (Fsp3) is 0.0833. The van der Waals surface area contributed by atoms with E-state index >= 15 is 0 Å². The molecule has 0 aliphatic carbocycles. The summed E-state index contributed by atoms with van der Waals surface area (Å²) in [5.74, 6) is 0.00866. The molecular weight excluding hydrogens is 531 g/mol. The number of hydrogen-bond acceptors (Lipinski definition) is 6. The van der Waals surface area contributed by atoms with E-state index in [1.165, 1.54) is 0 Å². The van der Waals surface area contributed by atoms with Crippen LogP contribution in [0.25, 0.3) is 0 Å². The molecular formula is C24H15BrCl2N2O4. The van der Waals surface area contributed by atoms with E-state index in [-0.39, 0.29) is 23.8 Å². The number of carbonyl (C=O) groups excluding carboxylic acids is 1. The first kappa shape index (κ1) is 23.0. The van der Waals surface area contributed by atoms with Crippen molar-refractivity contribution >= 4 is 45.1 Å². The second-order valence-corrected chi connectivity index (χ2v) is 8.74. The summed E-state index contributed by atoms with van der Waals surface area (Å²) in [6, 6.07) is 19.2. The molecule has 0 aromatic heterocycles. The smallest absolute Gasteiger partial charge is 0.349 e. The number of benzene rings is 3. The van der Waals surface area contributed by atoms with Crippen molar-refractivity contribution in [1.82, 2.24) is 0 Å². The highest BCUT2D eigenvalue weighted by Gasteiger charge is 2.31. The summed E-state index contributed by atoms with van der Waals surface area (Å²) in [6.07, 6.45) is 0. The number of esters is 1. The largest absolute Gasteiger partial charge is 0.482 e. The van der Waals surface area contributed by atoms with Crippen molar-refractivity contribution in [1.29, 1.82) is 5.26 Å². The van der Waals surface area contributed by atoms with Crippen molar-refractivity contribution < 1.29 is 19.0 Å². The van der Waals surface area contributed by atoms with Crippen LogP contribution >= 0.6 is 39.1 Å². The van der Waals surface area contributed by atoms with Crippen LogP contribution in [0.2, 0.25) is 10.0 Å². The predicted molar refractivity (Wildman–Crippen MR) is 127 cm³/mol. The quantitative estimate of drug-likeness (QED) is 0.314. The maximum absolute atomic E-state index is 12.2. The highest BCUT2D eigenvalue weighted by molar-refractivity contribution is 9.10. The van der Waals surface area contributed by atoms with Gasteiger partial charge in [0, 0.05) is 16.1 Å². The minimum Gasteiger partial charge on any atom is -0.482 e. The van der Waals surface area contributed by atoms with Gasteiger partial charge in [0.05, 0.1) is 16.0 Å². The minimum atomic E-state index is -0.587. The topological polar surface area (TPSA) is 94.6 Å². The molecule has 0 saturated heterocycles. The molecule has 0 bridgehead atoms. The number of nitrogens with two attached hydrogens (primary N) is 1. The summed E-state index contributed by atoms with van der Waals surface area (Å²) >= 11 is 15.6. The van der Waals surface area contributed by atoms with Gasteiger partial charge in [-0.25, -0.2) is 4.79 Å². The Morgan fingerprint density at radius 2 is 1.79 bits per heavy atom. The van der Waals surface area contributed by atoms with Crippen molar-refractivity contribution in [3.05, 3.63) is 97.8 Å². The van der Waals surface area contributed by atoms with E-state index < -0.39 is 11.9 Å². The van der Waals surface area contributed by atoms with Gasteiger partial charge in [0.1, 0.15) is 28.9 Å². The zero-order valence-electron chi connectivity index (χ0n) is 16.8. The maximum atomic E-state index is 12.2. The fourth-order valence-corrected chi connectivity index (χ4v) is 3.94. The third kappa shape index (κ3) is 5.09. The first-order valence-electron chi connectivity index (χ1n) is 9.61. The molecule has 33 heavy (non-hydrogen) atoms. The van der Waals surface area contributed by atoms with Crippen molar-refractivity contribution in [2.24, 2.45) is 5.73 Å². The predicted octanol–water partition coefficient (Wildman–Crippen LogP) is 5.96. The van der Waals surface area contributed by atoms with Crippen LogP contribution in [0.3, 0.4) is 0 Å². The van der Waals surface area contributed by atoms with E-state index in [4.69, 9.17) is 43.1 Å². The number of halogens is 3. The summed E-state index contributed by atoms with van der Waals surface area (Å²) in [5, 5.41) is 10.4. The number of carbonyl (C=O) groups is 1.